The van der Waals surface area contributed by atoms with Crippen molar-refractivity contribution in [3.63, 3.8) is 0 Å². The molecular weight excluding hydrogens is 1180 g/mol. The van der Waals surface area contributed by atoms with Gasteiger partial charge in [0.25, 0.3) is 0 Å². The van der Waals surface area contributed by atoms with E-state index in [1.54, 1.807) is 0 Å². The van der Waals surface area contributed by atoms with E-state index in [0.717, 1.165) is 109 Å². The Morgan fingerprint density at radius 1 is 0.495 bits per heavy atom. The second-order valence-corrected chi connectivity index (χ2v) is 27.2. The fourth-order valence-corrected chi connectivity index (χ4v) is 12.9. The number of ether oxygens (including phenoxy) is 8. The van der Waals surface area contributed by atoms with E-state index in [1.807, 2.05) is 0 Å². The van der Waals surface area contributed by atoms with Crippen LogP contribution in [0.5, 0.6) is 0 Å². The van der Waals surface area contributed by atoms with Gasteiger partial charge in [0.05, 0.1) is 19.3 Å². The van der Waals surface area contributed by atoms with Crippen molar-refractivity contribution in [2.75, 3.05) is 46.8 Å². The van der Waals surface area contributed by atoms with E-state index < -0.39 is 94.2 Å². The van der Waals surface area contributed by atoms with Gasteiger partial charge in [0, 0.05) is 40.3 Å². The number of aliphatic hydroxyl groups is 1. The summed E-state index contributed by atoms with van der Waals surface area (Å²) >= 11 is 0. The second-order valence-electron chi connectivity index (χ2n) is 26.0. The van der Waals surface area contributed by atoms with Crippen LogP contribution in [0.25, 0.3) is 0 Å². The predicted octanol–water partition coefficient (Wildman–Crippen LogP) is 15.6. The Labute approximate surface area is 552 Å². The van der Waals surface area contributed by atoms with Crippen LogP contribution in [0.2, 0.25) is 0 Å². The number of hydrogen-bond donors (Lipinski definition) is 6. The highest BCUT2D eigenvalue weighted by Gasteiger charge is 2.52. The number of rotatable bonds is 63. The van der Waals surface area contributed by atoms with Crippen molar-refractivity contribution in [3.05, 3.63) is 12.2 Å². The Balaban J connectivity index is 2.36. The molecule has 2 aliphatic heterocycles. The van der Waals surface area contributed by atoms with E-state index in [0.29, 0.717) is 25.9 Å². The number of hydrogen-bond acceptors (Lipinski definition) is 14. The Hall–Kier alpha value is -2.10. The maximum atomic E-state index is 13.8. The van der Waals surface area contributed by atoms with Crippen LogP contribution in [0.3, 0.4) is 0 Å². The van der Waals surface area contributed by atoms with Crippen LogP contribution in [0.1, 0.15) is 311 Å². The lowest BCUT2D eigenvalue weighted by atomic mass is 9.95. The molecule has 0 unspecified atom stereocenters. The molecule has 11 atom stereocenters. The molecule has 0 aromatic rings. The van der Waals surface area contributed by atoms with Crippen LogP contribution >= 0.6 is 7.82 Å². The highest BCUT2D eigenvalue weighted by atomic mass is 31.2. The summed E-state index contributed by atoms with van der Waals surface area (Å²) in [6.07, 6.45) is 41.0. The molecule has 0 aromatic carbocycles. The van der Waals surface area contributed by atoms with Crippen molar-refractivity contribution >= 4 is 25.6 Å². The smallest absolute Gasteiger partial charge is 0.470 e. The number of aliphatic hydroxyl groups excluding tert-OH is 1. The van der Waals surface area contributed by atoms with Crippen molar-refractivity contribution in [1.29, 1.82) is 0 Å². The van der Waals surface area contributed by atoms with Crippen LogP contribution < -0.4 is 10.6 Å². The van der Waals surface area contributed by atoms with Crippen molar-refractivity contribution in [3.8, 4) is 0 Å². The van der Waals surface area contributed by atoms with E-state index in [9.17, 15) is 38.9 Å². The fraction of sp³-hybridized carbons (Fsp3) is 0.930. The number of phosphoric acid groups is 1. The molecule has 2 fully saturated rings. The maximum absolute atomic E-state index is 13.8. The van der Waals surface area contributed by atoms with Gasteiger partial charge in [-0.3, -0.25) is 14.1 Å². The zero-order valence-corrected chi connectivity index (χ0v) is 59.1. The lowest BCUT2D eigenvalue weighted by Gasteiger charge is -2.47. The van der Waals surface area contributed by atoms with Gasteiger partial charge in [-0.05, 0) is 57.8 Å². The number of nitrogens with one attached hydrogen (secondary N) is 2. The number of methoxy groups -OCH3 is 1. The van der Waals surface area contributed by atoms with Crippen molar-refractivity contribution < 1.29 is 81.4 Å². The van der Waals surface area contributed by atoms with E-state index in [4.69, 9.17) is 42.4 Å². The summed E-state index contributed by atoms with van der Waals surface area (Å²) in [4.78, 5) is 59.6. The molecule has 2 heterocycles. The third kappa shape index (κ3) is 43.6. The van der Waals surface area contributed by atoms with E-state index in [2.05, 4.69) is 50.5 Å². The summed E-state index contributed by atoms with van der Waals surface area (Å²) in [5.74, 6) is -2.10. The van der Waals surface area contributed by atoms with Crippen molar-refractivity contribution in [2.24, 2.45) is 0 Å². The van der Waals surface area contributed by atoms with Gasteiger partial charge in [-0.2, -0.15) is 0 Å². The first-order valence-corrected chi connectivity index (χ1v) is 38.4. The minimum absolute atomic E-state index is 0.0680. The number of carboxylic acid groups (broad SMARTS) is 1. The Kier molecular flexibility index (Phi) is 53.2. The zero-order chi connectivity index (χ0) is 66.4. The largest absolute Gasteiger partial charge is 0.480 e. The number of unbranched alkanes of at least 4 members (excludes halogenated alkanes) is 35. The number of aliphatic carboxylic acids is 1. The van der Waals surface area contributed by atoms with Crippen molar-refractivity contribution in [2.45, 2.75) is 378 Å². The highest BCUT2D eigenvalue weighted by molar-refractivity contribution is 7.46. The molecule has 2 amide bonds. The van der Waals surface area contributed by atoms with Gasteiger partial charge in [0.2, 0.25) is 11.8 Å². The predicted molar refractivity (Wildman–Crippen MR) is 361 cm³/mol. The molecule has 2 aliphatic rings. The van der Waals surface area contributed by atoms with Gasteiger partial charge in [0.15, 0.2) is 12.6 Å². The fourth-order valence-electron chi connectivity index (χ4n) is 12.3. The molecule has 6 N–H and O–H groups in total. The summed E-state index contributed by atoms with van der Waals surface area (Å²) in [5, 5.41) is 28.0. The van der Waals surface area contributed by atoms with Gasteiger partial charge in [-0.15, -0.1) is 0 Å². The molecule has 19 nitrogen and oxygen atoms in total. The topological polar surface area (TPSA) is 256 Å². The molecule has 0 saturated carbocycles. The van der Waals surface area contributed by atoms with Crippen LogP contribution in [-0.4, -0.2) is 152 Å². The van der Waals surface area contributed by atoms with E-state index >= 15 is 0 Å². The molecule has 0 aliphatic carbocycles. The van der Waals surface area contributed by atoms with Gasteiger partial charge in [-0.1, -0.05) is 252 Å². The molecule has 2 saturated heterocycles. The monoisotopic (exact) mass is 1320 g/mol. The zero-order valence-electron chi connectivity index (χ0n) is 58.2. The molecule has 536 valence electrons. The first-order valence-electron chi connectivity index (χ1n) is 36.9. The standard InChI is InChI=1S/C71H135N2O17P/c1-7-11-15-19-23-27-30-32-36-39-43-47-52-83-59(49-45-41-37-33-26-22-18-14-10-4)51-54-85-69-65(72-58(5)74)71(89-61(55-82-6)67(69)90-91(79,80)81)86-56-60-66(78)68(84-53-48-44-40-35-29-25-21-17-13-9-3)64(70(88-60)87-57-63(76)77)73-62(75)50-46-42-38-34-31-28-24-20-16-12-8-2/h27,30,59-61,64-71,78H,7-26,28-29,31-57H2,1-6H3,(H,72,74)(H,73,75)(H,76,77)(H2,79,80,81)/b30-27-/t59-,60-,61-,64-,65-,66-,67-,68-,69-,70+,71-/m1/s1. The number of carbonyl (C=O) groups is 3. The number of amides is 2. The molecule has 0 spiro atoms. The molecule has 0 aromatic heterocycles. The second kappa shape index (κ2) is 57.0. The van der Waals surface area contributed by atoms with Crippen LogP contribution in [0.4, 0.5) is 0 Å². The summed E-state index contributed by atoms with van der Waals surface area (Å²) in [6, 6.07) is -2.34. The van der Waals surface area contributed by atoms with Gasteiger partial charge >= 0.3 is 13.8 Å². The summed E-state index contributed by atoms with van der Waals surface area (Å²) < 4.78 is 68.5. The Morgan fingerprint density at radius 3 is 1.44 bits per heavy atom. The van der Waals surface area contributed by atoms with Crippen LogP contribution in [0.15, 0.2) is 12.2 Å². The minimum Gasteiger partial charge on any atom is -0.480 e. The molecule has 20 heteroatoms. The molecule has 0 radical (unpaired) electrons. The first kappa shape index (κ1) is 85.0. The van der Waals surface area contributed by atoms with E-state index in [-0.39, 0.29) is 38.3 Å². The lowest BCUT2D eigenvalue weighted by molar-refractivity contribution is -0.308. The molecule has 0 bridgehead atoms. The third-order valence-corrected chi connectivity index (χ3v) is 18.1. The molecule has 91 heavy (non-hydrogen) atoms. The molecule has 2 rings (SSSR count). The maximum Gasteiger partial charge on any atom is 0.470 e. The Bertz CT molecular complexity index is 1810. The minimum atomic E-state index is -5.22. The summed E-state index contributed by atoms with van der Waals surface area (Å²) in [7, 11) is -3.82. The van der Waals surface area contributed by atoms with E-state index in [1.165, 1.54) is 155 Å². The Morgan fingerprint density at radius 2 is 0.934 bits per heavy atom. The summed E-state index contributed by atoms with van der Waals surface area (Å²) in [5.41, 5.74) is 0. The number of carboxylic acids is 1. The SMILES string of the molecule is CCCCCC/C=C\CCCCCCO[C@H](CCCCCCCCCCC)CCO[C@@H]1[C@@H](NC(C)=O)[C@H](OC[C@H]2O[C@H](OCC(=O)O)[C@H](NC(=O)CCCCCCCCCCCCC)[C@@H](OCCCCCCCCCCCC)[C@@H]2O)O[C@H](COC)[C@H]1OP(=O)(O)O. The number of phosphoric ester groups is 1. The number of carbonyl (C=O) groups excluding carboxylic acids is 2. The van der Waals surface area contributed by atoms with Crippen LogP contribution in [-0.2, 0) is 61.4 Å². The van der Waals surface area contributed by atoms with Gasteiger partial charge in [-0.25, -0.2) is 9.36 Å². The van der Waals surface area contributed by atoms with Gasteiger partial charge < -0.3 is 68.5 Å². The normalized spacial score (nSPS) is 22.4. The lowest BCUT2D eigenvalue weighted by Crippen LogP contribution is -2.67. The van der Waals surface area contributed by atoms with Crippen LogP contribution in [0, 0.1) is 0 Å². The average Bonchev–Trinajstić information content (AvgIpc) is 0.820. The van der Waals surface area contributed by atoms with Gasteiger partial charge in [0.1, 0.15) is 55.3 Å². The highest BCUT2D eigenvalue weighted by Crippen LogP contribution is 2.43. The quantitative estimate of drug-likeness (QED) is 0.0188. The summed E-state index contributed by atoms with van der Waals surface area (Å²) in [6.45, 7) is 9.65. The number of allylic oxidation sites excluding steroid dienone is 2. The van der Waals surface area contributed by atoms with Crippen molar-refractivity contribution in [1.82, 2.24) is 10.6 Å². The average molecular weight is 1320 g/mol. The first-order chi connectivity index (χ1) is 44.2. The molecular formula is C71H135N2O17P. The third-order valence-electron chi connectivity index (χ3n) is 17.6.